The number of halogens is 2. The fourth-order valence-corrected chi connectivity index (χ4v) is 2.07. The topological polar surface area (TPSA) is 30.2 Å². The third-order valence-corrected chi connectivity index (χ3v) is 3.31. The number of hydrogen-bond donors (Lipinski definition) is 0. The Morgan fingerprint density at radius 1 is 1.18 bits per heavy atom. The van der Waals surface area contributed by atoms with Crippen LogP contribution in [-0.2, 0) is 0 Å². The first-order valence-corrected chi connectivity index (χ1v) is 5.74. The van der Waals surface area contributed by atoms with E-state index >= 15 is 0 Å². The Kier molecular flexibility index (Phi) is 2.50. The Hall–Kier alpha value is -1.58. The molecule has 0 unspecified atom stereocenters. The van der Waals surface area contributed by atoms with Gasteiger partial charge in [0, 0.05) is 24.2 Å². The summed E-state index contributed by atoms with van der Waals surface area (Å²) in [6.07, 6.45) is 7.14. The van der Waals surface area contributed by atoms with E-state index < -0.39 is 0 Å². The highest BCUT2D eigenvalue weighted by atomic mass is 35.5. The molecule has 84 valence electrons. The molecule has 0 saturated heterocycles. The molecule has 0 bridgehead atoms. The highest BCUT2D eigenvalue weighted by Crippen LogP contribution is 2.32. The number of hydrogen-bond acceptors (Lipinski definition) is 2. The van der Waals surface area contributed by atoms with Crippen LogP contribution in [0.15, 0.2) is 43.0 Å². The van der Waals surface area contributed by atoms with Gasteiger partial charge in [-0.2, -0.15) is 0 Å². The zero-order valence-electron chi connectivity index (χ0n) is 8.64. The predicted molar refractivity (Wildman–Crippen MR) is 68.4 cm³/mol. The van der Waals surface area contributed by atoms with Crippen LogP contribution in [0, 0.1) is 0 Å². The minimum atomic E-state index is 0.519. The lowest BCUT2D eigenvalue weighted by atomic mass is 10.2. The molecule has 0 N–H and O–H groups in total. The highest BCUT2D eigenvalue weighted by molar-refractivity contribution is 6.43. The van der Waals surface area contributed by atoms with Crippen molar-refractivity contribution in [3.63, 3.8) is 0 Å². The molecule has 0 spiro atoms. The van der Waals surface area contributed by atoms with Crippen molar-refractivity contribution in [1.82, 2.24) is 14.4 Å². The van der Waals surface area contributed by atoms with E-state index in [1.807, 2.05) is 28.9 Å². The molecule has 3 rings (SSSR count). The zero-order valence-corrected chi connectivity index (χ0v) is 10.2. The molecule has 1 aromatic carbocycles. The first-order chi connectivity index (χ1) is 8.25. The Balaban J connectivity index is 2.24. The Morgan fingerprint density at radius 2 is 2.06 bits per heavy atom. The summed E-state index contributed by atoms with van der Waals surface area (Å²) in [7, 11) is 0. The monoisotopic (exact) mass is 263 g/mol. The highest BCUT2D eigenvalue weighted by Gasteiger charge is 2.10. The van der Waals surface area contributed by atoms with Crippen molar-refractivity contribution in [2.75, 3.05) is 0 Å². The lowest BCUT2D eigenvalue weighted by Gasteiger charge is -2.01. The van der Waals surface area contributed by atoms with Crippen molar-refractivity contribution in [2.24, 2.45) is 0 Å². The van der Waals surface area contributed by atoms with E-state index in [-0.39, 0.29) is 0 Å². The normalized spacial score (nSPS) is 10.9. The van der Waals surface area contributed by atoms with Crippen LogP contribution in [0.4, 0.5) is 0 Å². The molecular weight excluding hydrogens is 257 g/mol. The number of nitrogens with zero attached hydrogens (tertiary/aromatic N) is 3. The molecule has 0 aliphatic carbocycles. The SMILES string of the molecule is Clc1cccc(-c2cn3ccncc3n2)c1Cl. The van der Waals surface area contributed by atoms with Gasteiger partial charge in [-0.25, -0.2) is 4.98 Å². The largest absolute Gasteiger partial charge is 0.304 e. The molecule has 17 heavy (non-hydrogen) atoms. The van der Waals surface area contributed by atoms with Gasteiger partial charge in [-0.1, -0.05) is 35.3 Å². The van der Waals surface area contributed by atoms with E-state index in [4.69, 9.17) is 23.2 Å². The average Bonchev–Trinajstić information content (AvgIpc) is 2.76. The molecule has 0 radical (unpaired) electrons. The number of fused-ring (bicyclic) bond motifs is 1. The summed E-state index contributed by atoms with van der Waals surface area (Å²) < 4.78 is 1.89. The minimum Gasteiger partial charge on any atom is -0.304 e. The van der Waals surface area contributed by atoms with Gasteiger partial charge in [0.1, 0.15) is 0 Å². The van der Waals surface area contributed by atoms with Gasteiger partial charge in [0.15, 0.2) is 5.65 Å². The fraction of sp³-hybridized carbons (Fsp3) is 0. The summed E-state index contributed by atoms with van der Waals surface area (Å²) in [5.74, 6) is 0. The molecule has 0 aliphatic rings. The predicted octanol–water partition coefficient (Wildman–Crippen LogP) is 3.70. The third-order valence-electron chi connectivity index (χ3n) is 2.49. The van der Waals surface area contributed by atoms with E-state index in [9.17, 15) is 0 Å². The molecule has 2 aromatic heterocycles. The summed E-state index contributed by atoms with van der Waals surface area (Å²) in [6.45, 7) is 0. The van der Waals surface area contributed by atoms with E-state index in [1.54, 1.807) is 18.5 Å². The molecule has 0 fully saturated rings. The summed E-state index contributed by atoms with van der Waals surface area (Å²) in [5.41, 5.74) is 2.38. The molecule has 0 amide bonds. The van der Waals surface area contributed by atoms with Gasteiger partial charge in [-0.05, 0) is 6.07 Å². The summed E-state index contributed by atoms with van der Waals surface area (Å²) >= 11 is 12.1. The lowest BCUT2D eigenvalue weighted by molar-refractivity contribution is 1.13. The molecule has 0 aliphatic heterocycles. The second-order valence-electron chi connectivity index (χ2n) is 3.57. The Morgan fingerprint density at radius 3 is 2.88 bits per heavy atom. The zero-order chi connectivity index (χ0) is 11.8. The maximum atomic E-state index is 6.16. The van der Waals surface area contributed by atoms with Crippen LogP contribution in [0.25, 0.3) is 16.9 Å². The molecular formula is C12H7Cl2N3. The van der Waals surface area contributed by atoms with Crippen LogP contribution < -0.4 is 0 Å². The standard InChI is InChI=1S/C12H7Cl2N3/c13-9-3-1-2-8(12(9)14)10-7-17-5-4-15-6-11(17)16-10/h1-7H. The molecule has 5 heteroatoms. The van der Waals surface area contributed by atoms with Crippen molar-refractivity contribution >= 4 is 28.8 Å². The van der Waals surface area contributed by atoms with E-state index in [0.29, 0.717) is 10.0 Å². The fourth-order valence-electron chi connectivity index (χ4n) is 1.67. The molecule has 3 nitrogen and oxygen atoms in total. The van der Waals surface area contributed by atoms with Crippen LogP contribution >= 0.6 is 23.2 Å². The van der Waals surface area contributed by atoms with Crippen molar-refractivity contribution < 1.29 is 0 Å². The van der Waals surface area contributed by atoms with E-state index in [1.165, 1.54) is 0 Å². The van der Waals surface area contributed by atoms with Crippen molar-refractivity contribution in [3.05, 3.63) is 53.0 Å². The number of rotatable bonds is 1. The summed E-state index contributed by atoms with van der Waals surface area (Å²) in [6, 6.07) is 5.50. The molecule has 0 saturated carbocycles. The van der Waals surface area contributed by atoms with Crippen LogP contribution in [0.5, 0.6) is 0 Å². The molecule has 3 aromatic rings. The number of imidazole rings is 1. The van der Waals surface area contributed by atoms with Gasteiger partial charge < -0.3 is 4.40 Å². The number of aromatic nitrogens is 3. The maximum absolute atomic E-state index is 6.16. The second-order valence-corrected chi connectivity index (χ2v) is 4.35. The van der Waals surface area contributed by atoms with E-state index in [2.05, 4.69) is 9.97 Å². The lowest BCUT2D eigenvalue weighted by Crippen LogP contribution is -1.81. The Bertz CT molecular complexity index is 658. The third kappa shape index (κ3) is 1.77. The maximum Gasteiger partial charge on any atom is 0.155 e. The number of benzene rings is 1. The van der Waals surface area contributed by atoms with Crippen molar-refractivity contribution in [2.45, 2.75) is 0 Å². The Labute approximate surface area is 108 Å². The second kappa shape index (κ2) is 4.02. The van der Waals surface area contributed by atoms with Gasteiger partial charge >= 0.3 is 0 Å². The van der Waals surface area contributed by atoms with Gasteiger partial charge in [0.05, 0.1) is 21.9 Å². The average molecular weight is 264 g/mol. The molecule has 0 atom stereocenters. The van der Waals surface area contributed by atoms with Crippen LogP contribution in [0.2, 0.25) is 10.0 Å². The molecule has 2 heterocycles. The quantitative estimate of drug-likeness (QED) is 0.670. The van der Waals surface area contributed by atoms with Crippen molar-refractivity contribution in [3.8, 4) is 11.3 Å². The minimum absolute atomic E-state index is 0.519. The van der Waals surface area contributed by atoms with Crippen LogP contribution in [0.3, 0.4) is 0 Å². The van der Waals surface area contributed by atoms with Gasteiger partial charge in [-0.15, -0.1) is 0 Å². The van der Waals surface area contributed by atoms with Crippen molar-refractivity contribution in [1.29, 1.82) is 0 Å². The van der Waals surface area contributed by atoms with Crippen LogP contribution in [-0.4, -0.2) is 14.4 Å². The smallest absolute Gasteiger partial charge is 0.155 e. The van der Waals surface area contributed by atoms with Crippen LogP contribution in [0.1, 0.15) is 0 Å². The van der Waals surface area contributed by atoms with Gasteiger partial charge in [-0.3, -0.25) is 4.98 Å². The summed E-state index contributed by atoms with van der Waals surface area (Å²) in [5, 5.41) is 1.05. The van der Waals surface area contributed by atoms with Gasteiger partial charge in [0.2, 0.25) is 0 Å². The van der Waals surface area contributed by atoms with E-state index in [0.717, 1.165) is 16.9 Å². The first-order valence-electron chi connectivity index (χ1n) is 4.99. The van der Waals surface area contributed by atoms with Gasteiger partial charge in [0.25, 0.3) is 0 Å². The summed E-state index contributed by atoms with van der Waals surface area (Å²) in [4.78, 5) is 8.46. The first kappa shape index (κ1) is 10.6.